The molecule has 2 aromatic carbocycles. The number of hydrazone groups is 1. The predicted octanol–water partition coefficient (Wildman–Crippen LogP) is 2.87. The Bertz CT molecular complexity index is 726. The number of hydrogen-bond donors (Lipinski definition) is 3. The number of halogens is 1. The third-order valence-corrected chi connectivity index (χ3v) is 3.18. The quantitative estimate of drug-likeness (QED) is 0.438. The molecule has 0 radical (unpaired) electrons. The molecular weight excluding hydrogens is 333 g/mol. The molecule has 0 spiro atoms. The van der Waals surface area contributed by atoms with Gasteiger partial charge in [-0.25, -0.2) is 4.39 Å². The number of ether oxygens (including phenoxy) is 2. The van der Waals surface area contributed by atoms with E-state index in [1.54, 1.807) is 24.3 Å². The maximum Gasteiger partial charge on any atom is 0.200 e. The number of thiocarbonyl (C=S) groups is 1. The molecule has 6 nitrogen and oxygen atoms in total. The smallest absolute Gasteiger partial charge is 0.200 e. The van der Waals surface area contributed by atoms with E-state index in [1.165, 1.54) is 32.6 Å². The Labute approximate surface area is 143 Å². The van der Waals surface area contributed by atoms with Crippen molar-refractivity contribution in [3.05, 3.63) is 47.8 Å². The second-order valence-corrected chi connectivity index (χ2v) is 5.01. The van der Waals surface area contributed by atoms with Crippen molar-refractivity contribution in [2.24, 2.45) is 5.10 Å². The zero-order valence-corrected chi connectivity index (χ0v) is 13.9. The van der Waals surface area contributed by atoms with Crippen LogP contribution in [0.1, 0.15) is 5.56 Å². The topological polar surface area (TPSA) is 75.1 Å². The van der Waals surface area contributed by atoms with Gasteiger partial charge in [0, 0.05) is 11.3 Å². The minimum atomic E-state index is -0.326. The highest BCUT2D eigenvalue weighted by molar-refractivity contribution is 7.80. The lowest BCUT2D eigenvalue weighted by molar-refractivity contribution is 0.340. The van der Waals surface area contributed by atoms with Crippen LogP contribution in [-0.2, 0) is 0 Å². The largest absolute Gasteiger partial charge is 0.502 e. The summed E-state index contributed by atoms with van der Waals surface area (Å²) in [6, 6.07) is 8.96. The van der Waals surface area contributed by atoms with E-state index in [1.807, 2.05) is 0 Å². The number of phenolic OH excluding ortho intramolecular Hbond substituents is 1. The van der Waals surface area contributed by atoms with Gasteiger partial charge in [-0.05, 0) is 48.6 Å². The van der Waals surface area contributed by atoms with Crippen molar-refractivity contribution in [3.63, 3.8) is 0 Å². The van der Waals surface area contributed by atoms with Gasteiger partial charge >= 0.3 is 0 Å². The van der Waals surface area contributed by atoms with Crippen LogP contribution < -0.4 is 20.2 Å². The Kier molecular flexibility index (Phi) is 5.91. The van der Waals surface area contributed by atoms with Gasteiger partial charge in [-0.3, -0.25) is 5.43 Å². The zero-order chi connectivity index (χ0) is 17.5. The Morgan fingerprint density at radius 1 is 1.17 bits per heavy atom. The van der Waals surface area contributed by atoms with E-state index in [0.29, 0.717) is 11.3 Å². The first kappa shape index (κ1) is 17.5. The normalized spacial score (nSPS) is 10.5. The van der Waals surface area contributed by atoms with Crippen molar-refractivity contribution < 1.29 is 19.0 Å². The first-order valence-corrected chi connectivity index (χ1v) is 7.25. The summed E-state index contributed by atoms with van der Waals surface area (Å²) in [4.78, 5) is 0. The molecule has 0 fully saturated rings. The van der Waals surface area contributed by atoms with E-state index in [2.05, 4.69) is 15.8 Å². The number of nitrogens with zero attached hydrogens (tertiary/aromatic N) is 1. The molecule has 0 saturated heterocycles. The number of hydrogen-bond acceptors (Lipinski definition) is 5. The van der Waals surface area contributed by atoms with Crippen LogP contribution >= 0.6 is 12.2 Å². The minimum Gasteiger partial charge on any atom is -0.502 e. The SMILES string of the molecule is COc1cc(/C=N/NC(=S)Nc2ccc(F)cc2)cc(OC)c1O. The van der Waals surface area contributed by atoms with E-state index < -0.39 is 0 Å². The molecule has 0 aliphatic heterocycles. The lowest BCUT2D eigenvalue weighted by Crippen LogP contribution is -2.23. The third-order valence-electron chi connectivity index (χ3n) is 2.98. The van der Waals surface area contributed by atoms with Crippen molar-refractivity contribution in [1.82, 2.24) is 5.43 Å². The molecule has 0 heterocycles. The van der Waals surface area contributed by atoms with Gasteiger partial charge < -0.3 is 19.9 Å². The monoisotopic (exact) mass is 349 g/mol. The molecule has 0 amide bonds. The fourth-order valence-electron chi connectivity index (χ4n) is 1.85. The van der Waals surface area contributed by atoms with Gasteiger partial charge in [-0.1, -0.05) is 0 Å². The van der Waals surface area contributed by atoms with E-state index in [-0.39, 0.29) is 28.2 Å². The van der Waals surface area contributed by atoms with Gasteiger partial charge in [-0.15, -0.1) is 0 Å². The molecule has 24 heavy (non-hydrogen) atoms. The van der Waals surface area contributed by atoms with Gasteiger partial charge in [0.15, 0.2) is 16.6 Å². The van der Waals surface area contributed by atoms with Gasteiger partial charge in [0.05, 0.1) is 20.4 Å². The molecule has 0 saturated carbocycles. The van der Waals surface area contributed by atoms with E-state index in [9.17, 15) is 9.50 Å². The number of rotatable bonds is 5. The Balaban J connectivity index is 2.00. The summed E-state index contributed by atoms with van der Waals surface area (Å²) in [5.41, 5.74) is 3.91. The van der Waals surface area contributed by atoms with Crippen molar-refractivity contribution in [3.8, 4) is 17.2 Å². The summed E-state index contributed by atoms with van der Waals surface area (Å²) < 4.78 is 23.0. The van der Waals surface area contributed by atoms with Crippen molar-refractivity contribution in [2.45, 2.75) is 0 Å². The fourth-order valence-corrected chi connectivity index (χ4v) is 2.02. The summed E-state index contributed by atoms with van der Waals surface area (Å²) in [5.74, 6) is 0.122. The van der Waals surface area contributed by atoms with Crippen LogP contribution in [-0.4, -0.2) is 30.7 Å². The fraction of sp³-hybridized carbons (Fsp3) is 0.125. The molecule has 3 N–H and O–H groups in total. The summed E-state index contributed by atoms with van der Waals surface area (Å²) in [5, 5.41) is 16.9. The standard InChI is InChI=1S/C16H16FN3O3S/c1-22-13-7-10(8-14(23-2)15(13)21)9-18-20-16(24)19-12-5-3-11(17)4-6-12/h3-9,21H,1-2H3,(H2,19,20,24)/b18-9+. The lowest BCUT2D eigenvalue weighted by Gasteiger charge is -2.09. The molecule has 0 bridgehead atoms. The summed E-state index contributed by atoms with van der Waals surface area (Å²) >= 11 is 5.08. The van der Waals surface area contributed by atoms with Crippen LogP contribution in [0.5, 0.6) is 17.2 Å². The Hall–Kier alpha value is -2.87. The minimum absolute atomic E-state index is 0.0846. The molecule has 0 unspecified atom stereocenters. The van der Waals surface area contributed by atoms with E-state index in [4.69, 9.17) is 21.7 Å². The average molecular weight is 349 g/mol. The number of aromatic hydroxyl groups is 1. The van der Waals surface area contributed by atoms with Crippen LogP contribution in [0.15, 0.2) is 41.5 Å². The van der Waals surface area contributed by atoms with Crippen LogP contribution in [0, 0.1) is 5.82 Å². The Morgan fingerprint density at radius 2 is 1.75 bits per heavy atom. The zero-order valence-electron chi connectivity index (χ0n) is 13.0. The molecule has 0 aliphatic carbocycles. The molecule has 8 heteroatoms. The molecule has 0 aromatic heterocycles. The second-order valence-electron chi connectivity index (χ2n) is 4.61. The average Bonchev–Trinajstić information content (AvgIpc) is 2.58. The van der Waals surface area contributed by atoms with Gasteiger partial charge in [0.1, 0.15) is 5.82 Å². The van der Waals surface area contributed by atoms with Crippen molar-refractivity contribution >= 4 is 29.2 Å². The molecule has 0 atom stereocenters. The summed E-state index contributed by atoms with van der Waals surface area (Å²) in [7, 11) is 2.88. The highest BCUT2D eigenvalue weighted by atomic mass is 32.1. The van der Waals surface area contributed by atoms with Gasteiger partial charge in [-0.2, -0.15) is 5.10 Å². The first-order chi connectivity index (χ1) is 11.5. The molecular formula is C16H16FN3O3S. The highest BCUT2D eigenvalue weighted by Gasteiger charge is 2.10. The van der Waals surface area contributed by atoms with E-state index in [0.717, 1.165) is 0 Å². The molecule has 2 aromatic rings. The van der Waals surface area contributed by atoms with Gasteiger partial charge in [0.2, 0.25) is 5.75 Å². The van der Waals surface area contributed by atoms with Crippen LogP contribution in [0.25, 0.3) is 0 Å². The molecule has 2 rings (SSSR count). The predicted molar refractivity (Wildman–Crippen MR) is 94.6 cm³/mol. The van der Waals surface area contributed by atoms with Crippen molar-refractivity contribution in [1.29, 1.82) is 0 Å². The van der Waals surface area contributed by atoms with Crippen LogP contribution in [0.2, 0.25) is 0 Å². The van der Waals surface area contributed by atoms with Gasteiger partial charge in [0.25, 0.3) is 0 Å². The number of anilines is 1. The van der Waals surface area contributed by atoms with Crippen molar-refractivity contribution in [2.75, 3.05) is 19.5 Å². The maximum atomic E-state index is 12.8. The first-order valence-electron chi connectivity index (χ1n) is 6.84. The second kappa shape index (κ2) is 8.11. The number of nitrogens with one attached hydrogen (secondary N) is 2. The summed E-state index contributed by atoms with van der Waals surface area (Å²) in [6.07, 6.45) is 1.49. The number of benzene rings is 2. The highest BCUT2D eigenvalue weighted by Crippen LogP contribution is 2.36. The lowest BCUT2D eigenvalue weighted by atomic mass is 10.2. The van der Waals surface area contributed by atoms with Crippen LogP contribution in [0.3, 0.4) is 0 Å². The molecule has 0 aliphatic rings. The third kappa shape index (κ3) is 4.56. The maximum absolute atomic E-state index is 12.8. The van der Waals surface area contributed by atoms with E-state index >= 15 is 0 Å². The number of phenols is 1. The Morgan fingerprint density at radius 3 is 2.29 bits per heavy atom. The molecule has 126 valence electrons. The summed E-state index contributed by atoms with van der Waals surface area (Å²) in [6.45, 7) is 0. The van der Waals surface area contributed by atoms with Crippen LogP contribution in [0.4, 0.5) is 10.1 Å². The number of methoxy groups -OCH3 is 2.